The molecule has 1 N–H and O–H groups in total. The van der Waals surface area contributed by atoms with Gasteiger partial charge in [-0.2, -0.15) is 0 Å². The van der Waals surface area contributed by atoms with Gasteiger partial charge in [0.05, 0.1) is 6.61 Å². The lowest BCUT2D eigenvalue weighted by Crippen LogP contribution is -2.28. The lowest BCUT2D eigenvalue weighted by atomic mass is 10.0. The van der Waals surface area contributed by atoms with Crippen molar-refractivity contribution in [2.24, 2.45) is 0 Å². The number of rotatable bonds is 67. The average Bonchev–Trinajstić information content (AvgIpc) is 3.43. The molecule has 0 aliphatic heterocycles. The fraction of sp³-hybridized carbons (Fsp3) is 0.917. The second kappa shape index (κ2) is 68.7. The van der Waals surface area contributed by atoms with Crippen LogP contribution in [-0.4, -0.2) is 36.4 Å². The largest absolute Gasteiger partial charge is 0.462 e. The number of aliphatic hydroxyl groups is 1. The van der Waals surface area contributed by atoms with Crippen molar-refractivity contribution in [1.82, 2.24) is 0 Å². The number of unbranched alkanes of at least 4 members (excludes halogenated alkanes) is 55. The molecule has 0 heterocycles. The van der Waals surface area contributed by atoms with E-state index in [2.05, 4.69) is 38.2 Å². The first-order valence-corrected chi connectivity index (χ1v) is 35.4. The van der Waals surface area contributed by atoms with Crippen LogP contribution in [0.4, 0.5) is 0 Å². The molecular formula is C72H138O5. The van der Waals surface area contributed by atoms with Crippen molar-refractivity contribution in [1.29, 1.82) is 0 Å². The van der Waals surface area contributed by atoms with Gasteiger partial charge in [-0.25, -0.2) is 0 Å². The van der Waals surface area contributed by atoms with Crippen LogP contribution in [0.25, 0.3) is 0 Å². The SMILES string of the molecule is CCCCCCC/C=C\C/C=C\CCCCCCCCCCCCCCCCCCCCCCCCCCCCCC(=O)OC(CO)COC(=O)CCCCCCCCCCCCCCCCCCCCCCCCCC. The van der Waals surface area contributed by atoms with Gasteiger partial charge in [0.25, 0.3) is 0 Å². The van der Waals surface area contributed by atoms with Crippen molar-refractivity contribution in [3.8, 4) is 0 Å². The number of carbonyl (C=O) groups excluding carboxylic acids is 2. The number of ether oxygens (including phenoxy) is 2. The highest BCUT2D eigenvalue weighted by molar-refractivity contribution is 5.70. The minimum atomic E-state index is -0.767. The van der Waals surface area contributed by atoms with Gasteiger partial charge in [0.2, 0.25) is 0 Å². The zero-order chi connectivity index (χ0) is 55.5. The Balaban J connectivity index is 3.35. The molecule has 1 unspecified atom stereocenters. The van der Waals surface area contributed by atoms with E-state index < -0.39 is 6.10 Å². The Morgan fingerprint density at radius 3 is 0.766 bits per heavy atom. The van der Waals surface area contributed by atoms with E-state index >= 15 is 0 Å². The number of carbonyl (C=O) groups is 2. The molecule has 0 radical (unpaired) electrons. The van der Waals surface area contributed by atoms with Crippen LogP contribution in [0.5, 0.6) is 0 Å². The van der Waals surface area contributed by atoms with Crippen molar-refractivity contribution in [2.45, 2.75) is 412 Å². The molecule has 0 amide bonds. The molecule has 0 saturated heterocycles. The predicted molar refractivity (Wildman–Crippen MR) is 339 cm³/mol. The smallest absolute Gasteiger partial charge is 0.306 e. The van der Waals surface area contributed by atoms with Crippen LogP contribution in [-0.2, 0) is 19.1 Å². The molecule has 0 saturated carbocycles. The van der Waals surface area contributed by atoms with Gasteiger partial charge < -0.3 is 14.6 Å². The fourth-order valence-corrected chi connectivity index (χ4v) is 11.2. The Morgan fingerprint density at radius 2 is 0.519 bits per heavy atom. The van der Waals surface area contributed by atoms with E-state index in [0.717, 1.165) is 38.5 Å². The summed E-state index contributed by atoms with van der Waals surface area (Å²) in [7, 11) is 0. The van der Waals surface area contributed by atoms with Crippen molar-refractivity contribution < 1.29 is 24.2 Å². The van der Waals surface area contributed by atoms with E-state index in [4.69, 9.17) is 9.47 Å². The van der Waals surface area contributed by atoms with Crippen LogP contribution in [0.1, 0.15) is 406 Å². The van der Waals surface area contributed by atoms with E-state index in [0.29, 0.717) is 12.8 Å². The van der Waals surface area contributed by atoms with Crippen molar-refractivity contribution in [3.63, 3.8) is 0 Å². The number of aliphatic hydroxyl groups excluding tert-OH is 1. The van der Waals surface area contributed by atoms with Crippen LogP contribution in [0.15, 0.2) is 24.3 Å². The van der Waals surface area contributed by atoms with E-state index in [1.807, 2.05) is 0 Å². The second-order valence-corrected chi connectivity index (χ2v) is 24.3. The van der Waals surface area contributed by atoms with Gasteiger partial charge in [-0.3, -0.25) is 9.59 Å². The van der Waals surface area contributed by atoms with Crippen LogP contribution in [0.2, 0.25) is 0 Å². The van der Waals surface area contributed by atoms with Gasteiger partial charge in [-0.15, -0.1) is 0 Å². The topological polar surface area (TPSA) is 72.8 Å². The first-order valence-electron chi connectivity index (χ1n) is 35.4. The summed E-state index contributed by atoms with van der Waals surface area (Å²) >= 11 is 0. The molecular weight excluding hydrogens is 945 g/mol. The molecule has 0 bridgehead atoms. The van der Waals surface area contributed by atoms with Crippen molar-refractivity contribution in [2.75, 3.05) is 13.2 Å². The highest BCUT2D eigenvalue weighted by Gasteiger charge is 2.16. The lowest BCUT2D eigenvalue weighted by Gasteiger charge is -2.15. The summed E-state index contributed by atoms with van der Waals surface area (Å²) in [5, 5.41) is 9.70. The number of allylic oxidation sites excluding steroid dienone is 4. The molecule has 0 aliphatic rings. The zero-order valence-electron chi connectivity index (χ0n) is 52.5. The third kappa shape index (κ3) is 66.8. The number of hydrogen-bond acceptors (Lipinski definition) is 5. The summed E-state index contributed by atoms with van der Waals surface area (Å²) in [6, 6.07) is 0. The summed E-state index contributed by atoms with van der Waals surface area (Å²) in [5.41, 5.74) is 0. The maximum absolute atomic E-state index is 12.4. The monoisotopic (exact) mass is 1080 g/mol. The van der Waals surface area contributed by atoms with Crippen molar-refractivity contribution in [3.05, 3.63) is 24.3 Å². The molecule has 1 atom stereocenters. The van der Waals surface area contributed by atoms with Gasteiger partial charge in [0.15, 0.2) is 6.10 Å². The molecule has 0 rings (SSSR count). The quantitative estimate of drug-likeness (QED) is 0.0373. The van der Waals surface area contributed by atoms with Crippen LogP contribution >= 0.6 is 0 Å². The van der Waals surface area contributed by atoms with Crippen LogP contribution in [0.3, 0.4) is 0 Å². The summed E-state index contributed by atoms with van der Waals surface area (Å²) in [6.45, 7) is 4.20. The van der Waals surface area contributed by atoms with E-state index in [-0.39, 0.29) is 25.2 Å². The molecule has 0 aromatic heterocycles. The summed E-state index contributed by atoms with van der Waals surface area (Å²) in [6.07, 6.45) is 89.4. The van der Waals surface area contributed by atoms with Crippen LogP contribution in [0, 0.1) is 0 Å². The van der Waals surface area contributed by atoms with E-state index in [9.17, 15) is 14.7 Å². The standard InChI is InChI=1S/C72H138O5/c1-3-5-7-9-11-13-15-17-19-21-23-25-27-29-30-31-32-33-34-35-36-37-38-39-40-41-42-43-45-47-49-51-53-55-57-59-61-63-65-67-72(75)77-70(68-73)69-76-71(74)66-64-62-60-58-56-54-52-50-48-46-44-28-26-24-22-20-18-16-14-12-10-8-6-4-2/h15,17,21,23,70,73H,3-14,16,18-20,22,24-69H2,1-2H3/b17-15-,23-21-. The highest BCUT2D eigenvalue weighted by atomic mass is 16.6. The summed E-state index contributed by atoms with van der Waals surface area (Å²) < 4.78 is 10.8. The summed E-state index contributed by atoms with van der Waals surface area (Å²) in [4.78, 5) is 24.6. The molecule has 0 aromatic rings. The van der Waals surface area contributed by atoms with Gasteiger partial charge >= 0.3 is 11.9 Å². The molecule has 77 heavy (non-hydrogen) atoms. The van der Waals surface area contributed by atoms with Gasteiger partial charge in [-0.1, -0.05) is 372 Å². The maximum Gasteiger partial charge on any atom is 0.306 e. The van der Waals surface area contributed by atoms with E-state index in [1.54, 1.807) is 0 Å². The summed E-state index contributed by atoms with van der Waals surface area (Å²) in [5.74, 6) is -0.562. The Kier molecular flexibility index (Phi) is 67.2. The molecule has 456 valence electrons. The minimum Gasteiger partial charge on any atom is -0.462 e. The molecule has 5 nitrogen and oxygen atoms in total. The Morgan fingerprint density at radius 1 is 0.299 bits per heavy atom. The number of hydrogen-bond donors (Lipinski definition) is 1. The normalized spacial score (nSPS) is 12.2. The Hall–Kier alpha value is -1.62. The van der Waals surface area contributed by atoms with Gasteiger partial charge in [0.1, 0.15) is 6.61 Å². The highest BCUT2D eigenvalue weighted by Crippen LogP contribution is 2.19. The first kappa shape index (κ1) is 75.4. The Labute approximate surface area is 483 Å². The maximum atomic E-state index is 12.4. The molecule has 0 fully saturated rings. The number of esters is 2. The predicted octanol–water partition coefficient (Wildman–Crippen LogP) is 24.4. The van der Waals surface area contributed by atoms with Crippen molar-refractivity contribution >= 4 is 11.9 Å². The molecule has 0 aromatic carbocycles. The van der Waals surface area contributed by atoms with Crippen LogP contribution < -0.4 is 0 Å². The van der Waals surface area contributed by atoms with Gasteiger partial charge in [-0.05, 0) is 44.9 Å². The molecule has 5 heteroatoms. The lowest BCUT2D eigenvalue weighted by molar-refractivity contribution is -0.161. The zero-order valence-corrected chi connectivity index (χ0v) is 52.5. The second-order valence-electron chi connectivity index (χ2n) is 24.3. The third-order valence-corrected chi connectivity index (χ3v) is 16.5. The molecule has 0 spiro atoms. The average molecular weight is 1080 g/mol. The first-order chi connectivity index (χ1) is 38.1. The molecule has 0 aliphatic carbocycles. The van der Waals surface area contributed by atoms with Gasteiger partial charge in [0, 0.05) is 12.8 Å². The fourth-order valence-electron chi connectivity index (χ4n) is 11.2. The minimum absolute atomic E-state index is 0.0569. The third-order valence-electron chi connectivity index (χ3n) is 16.5. The Bertz CT molecular complexity index is 1180. The van der Waals surface area contributed by atoms with E-state index in [1.165, 1.54) is 340 Å².